The molecule has 7 nitrogen and oxygen atoms in total. The van der Waals surface area contributed by atoms with Crippen LogP contribution in [0.1, 0.15) is 37.4 Å². The molecule has 164 valence electrons. The lowest BCUT2D eigenvalue weighted by Gasteiger charge is -2.30. The Bertz CT molecular complexity index is 991. The molecule has 1 heterocycles. The maximum atomic E-state index is 12.8. The summed E-state index contributed by atoms with van der Waals surface area (Å²) in [6.07, 6.45) is 0.809. The third kappa shape index (κ3) is 4.94. The van der Waals surface area contributed by atoms with Gasteiger partial charge in [-0.1, -0.05) is 48.9 Å². The molecule has 3 rings (SSSR count). The van der Waals surface area contributed by atoms with E-state index in [-0.39, 0.29) is 5.57 Å². The lowest BCUT2D eigenvalue weighted by atomic mass is 9.92. The lowest BCUT2D eigenvalue weighted by molar-refractivity contribution is -0.136. The molecular formula is C23H25ClN2O5. The Morgan fingerprint density at radius 2 is 1.87 bits per heavy atom. The number of esters is 1. The number of methoxy groups -OCH3 is 1. The van der Waals surface area contributed by atoms with E-state index in [4.69, 9.17) is 25.8 Å². The van der Waals surface area contributed by atoms with E-state index in [1.807, 2.05) is 32.0 Å². The highest BCUT2D eigenvalue weighted by Gasteiger charge is 2.35. The van der Waals surface area contributed by atoms with Crippen LogP contribution in [0, 0.1) is 0 Å². The molecule has 0 saturated carbocycles. The maximum absolute atomic E-state index is 12.8. The van der Waals surface area contributed by atoms with Crippen LogP contribution in [0.15, 0.2) is 48.0 Å². The van der Waals surface area contributed by atoms with E-state index in [0.29, 0.717) is 46.6 Å². The van der Waals surface area contributed by atoms with Gasteiger partial charge in [-0.15, -0.1) is 0 Å². The number of hydrogen-bond donors (Lipinski definition) is 2. The molecular weight excluding hydrogens is 420 g/mol. The van der Waals surface area contributed by atoms with Crippen LogP contribution in [-0.4, -0.2) is 32.3 Å². The van der Waals surface area contributed by atoms with Crippen molar-refractivity contribution in [2.45, 2.75) is 26.3 Å². The van der Waals surface area contributed by atoms with E-state index < -0.39 is 18.0 Å². The molecule has 0 spiro atoms. The monoisotopic (exact) mass is 444 g/mol. The Labute approximate surface area is 186 Å². The lowest BCUT2D eigenvalue weighted by Crippen LogP contribution is -2.45. The molecule has 0 bridgehead atoms. The second-order valence-electron chi connectivity index (χ2n) is 6.79. The largest absolute Gasteiger partial charge is 0.490 e. The molecule has 2 amide bonds. The zero-order chi connectivity index (χ0) is 22.4. The number of carbonyl (C=O) groups is 2. The fourth-order valence-corrected chi connectivity index (χ4v) is 3.61. The van der Waals surface area contributed by atoms with Crippen molar-refractivity contribution < 1.29 is 23.8 Å². The average molecular weight is 445 g/mol. The number of rotatable bonds is 8. The molecule has 1 unspecified atom stereocenters. The second-order valence-corrected chi connectivity index (χ2v) is 7.20. The van der Waals surface area contributed by atoms with Crippen molar-refractivity contribution in [1.82, 2.24) is 10.6 Å². The molecule has 2 N–H and O–H groups in total. The summed E-state index contributed by atoms with van der Waals surface area (Å²) < 4.78 is 16.5. The van der Waals surface area contributed by atoms with Gasteiger partial charge in [-0.25, -0.2) is 9.59 Å². The molecule has 0 aromatic heterocycles. The van der Waals surface area contributed by atoms with E-state index in [1.54, 1.807) is 24.3 Å². The molecule has 0 radical (unpaired) electrons. The number of ether oxygens (including phenoxy) is 3. The molecule has 2 aromatic carbocycles. The van der Waals surface area contributed by atoms with E-state index in [1.165, 1.54) is 7.11 Å². The zero-order valence-electron chi connectivity index (χ0n) is 17.7. The van der Waals surface area contributed by atoms with Gasteiger partial charge >= 0.3 is 12.0 Å². The molecule has 8 heteroatoms. The SMILES string of the molecule is CCCOc1c(Cl)cc(C2NC(=O)NC(c3ccccc3)=C2C(=O)OC)cc1OCC. The Kier molecular flexibility index (Phi) is 7.41. The Hall–Kier alpha value is -3.19. The van der Waals surface area contributed by atoms with Gasteiger partial charge in [-0.2, -0.15) is 0 Å². The van der Waals surface area contributed by atoms with Gasteiger partial charge in [0.15, 0.2) is 11.5 Å². The Morgan fingerprint density at radius 1 is 1.13 bits per heavy atom. The van der Waals surface area contributed by atoms with Gasteiger partial charge in [0.1, 0.15) is 0 Å². The van der Waals surface area contributed by atoms with Crippen LogP contribution in [0.2, 0.25) is 5.02 Å². The number of benzene rings is 2. The van der Waals surface area contributed by atoms with Crippen LogP contribution in [0.25, 0.3) is 5.70 Å². The minimum Gasteiger partial charge on any atom is -0.490 e. The summed E-state index contributed by atoms with van der Waals surface area (Å²) in [5.41, 5.74) is 1.89. The Balaban J connectivity index is 2.17. The normalized spacial score (nSPS) is 15.7. The summed E-state index contributed by atoms with van der Waals surface area (Å²) in [6, 6.07) is 11.3. The van der Waals surface area contributed by atoms with E-state index >= 15 is 0 Å². The molecule has 0 aliphatic carbocycles. The van der Waals surface area contributed by atoms with Crippen LogP contribution in [-0.2, 0) is 9.53 Å². The van der Waals surface area contributed by atoms with Crippen molar-refractivity contribution in [1.29, 1.82) is 0 Å². The minimum absolute atomic E-state index is 0.258. The third-order valence-electron chi connectivity index (χ3n) is 4.66. The standard InChI is InChI=1S/C23H25ClN2O5/c1-4-11-31-21-16(24)12-15(13-17(21)30-5-2)20-18(22(27)29-3)19(25-23(28)26-20)14-9-7-6-8-10-14/h6-10,12-13,20H,4-5,11H2,1-3H3,(H2,25,26,28). The average Bonchev–Trinajstić information content (AvgIpc) is 2.78. The van der Waals surface area contributed by atoms with Crippen LogP contribution in [0.5, 0.6) is 11.5 Å². The predicted octanol–water partition coefficient (Wildman–Crippen LogP) is 4.47. The second kappa shape index (κ2) is 10.2. The number of urea groups is 1. The van der Waals surface area contributed by atoms with E-state index in [0.717, 1.165) is 6.42 Å². The fraction of sp³-hybridized carbons (Fsp3) is 0.304. The Morgan fingerprint density at radius 3 is 2.52 bits per heavy atom. The molecule has 2 aromatic rings. The van der Waals surface area contributed by atoms with Crippen molar-refractivity contribution >= 4 is 29.3 Å². The first-order chi connectivity index (χ1) is 15.0. The van der Waals surface area contributed by atoms with E-state index in [2.05, 4.69) is 10.6 Å². The number of hydrogen-bond acceptors (Lipinski definition) is 5. The van der Waals surface area contributed by atoms with Gasteiger partial charge in [-0.05, 0) is 36.6 Å². The summed E-state index contributed by atoms with van der Waals surface area (Å²) in [5, 5.41) is 5.85. The molecule has 1 aliphatic rings. The van der Waals surface area contributed by atoms with Crippen LogP contribution < -0.4 is 20.1 Å². The first-order valence-corrected chi connectivity index (χ1v) is 10.4. The van der Waals surface area contributed by atoms with Crippen molar-refractivity contribution in [3.8, 4) is 11.5 Å². The highest BCUT2D eigenvalue weighted by atomic mass is 35.5. The molecule has 1 aliphatic heterocycles. The van der Waals surface area contributed by atoms with Crippen LogP contribution >= 0.6 is 11.6 Å². The van der Waals surface area contributed by atoms with Crippen molar-refractivity contribution in [3.05, 3.63) is 64.2 Å². The van der Waals surface area contributed by atoms with Crippen molar-refractivity contribution in [2.75, 3.05) is 20.3 Å². The first-order valence-electron chi connectivity index (χ1n) is 10.0. The summed E-state index contributed by atoms with van der Waals surface area (Å²) in [5.74, 6) is 0.301. The minimum atomic E-state index is -0.798. The summed E-state index contributed by atoms with van der Waals surface area (Å²) >= 11 is 6.51. The predicted molar refractivity (Wildman–Crippen MR) is 118 cm³/mol. The topological polar surface area (TPSA) is 85.9 Å². The molecule has 0 fully saturated rings. The van der Waals surface area contributed by atoms with Gasteiger partial charge in [-0.3, -0.25) is 0 Å². The third-order valence-corrected chi connectivity index (χ3v) is 4.94. The van der Waals surface area contributed by atoms with E-state index in [9.17, 15) is 9.59 Å². The van der Waals surface area contributed by atoms with Gasteiger partial charge in [0.25, 0.3) is 0 Å². The molecule has 31 heavy (non-hydrogen) atoms. The van der Waals surface area contributed by atoms with Crippen molar-refractivity contribution in [2.24, 2.45) is 0 Å². The maximum Gasteiger partial charge on any atom is 0.338 e. The molecule has 0 saturated heterocycles. The van der Waals surface area contributed by atoms with Gasteiger partial charge in [0.05, 0.1) is 42.7 Å². The fourth-order valence-electron chi connectivity index (χ4n) is 3.34. The smallest absolute Gasteiger partial charge is 0.338 e. The first kappa shape index (κ1) is 22.5. The number of amides is 2. The van der Waals surface area contributed by atoms with Gasteiger partial charge < -0.3 is 24.8 Å². The zero-order valence-corrected chi connectivity index (χ0v) is 18.4. The van der Waals surface area contributed by atoms with Crippen LogP contribution in [0.4, 0.5) is 4.79 Å². The highest BCUT2D eigenvalue weighted by molar-refractivity contribution is 6.32. The van der Waals surface area contributed by atoms with Crippen LogP contribution in [0.3, 0.4) is 0 Å². The summed E-state index contributed by atoms with van der Waals surface area (Å²) in [7, 11) is 1.30. The highest BCUT2D eigenvalue weighted by Crippen LogP contribution is 2.41. The quantitative estimate of drug-likeness (QED) is 0.587. The number of nitrogens with one attached hydrogen (secondary N) is 2. The summed E-state index contributed by atoms with van der Waals surface area (Å²) in [4.78, 5) is 25.3. The van der Waals surface area contributed by atoms with Crippen molar-refractivity contribution in [3.63, 3.8) is 0 Å². The number of carbonyl (C=O) groups excluding carboxylic acids is 2. The summed E-state index contributed by atoms with van der Waals surface area (Å²) in [6.45, 7) is 4.72. The van der Waals surface area contributed by atoms with Gasteiger partial charge in [0, 0.05) is 0 Å². The van der Waals surface area contributed by atoms with Gasteiger partial charge in [0.2, 0.25) is 0 Å². The molecule has 1 atom stereocenters. The number of halogens is 1.